The van der Waals surface area contributed by atoms with Gasteiger partial charge in [0.2, 0.25) is 0 Å². The molecule has 0 aliphatic carbocycles. The van der Waals surface area contributed by atoms with Gasteiger partial charge in [0.25, 0.3) is 0 Å². The molecular weight excluding hydrogens is 250 g/mol. The lowest BCUT2D eigenvalue weighted by Gasteiger charge is -2.32. The first-order valence-electron chi connectivity index (χ1n) is 6.14. The molecule has 1 saturated heterocycles. The highest BCUT2D eigenvalue weighted by molar-refractivity contribution is 6.34. The number of hydrogen-bond acceptors (Lipinski definition) is 3. The number of hydrogen-bond donors (Lipinski definition) is 2. The second kappa shape index (κ2) is 5.48. The number of piperidine rings is 1. The molecule has 18 heavy (non-hydrogen) atoms. The van der Waals surface area contributed by atoms with Crippen LogP contribution >= 0.6 is 11.6 Å². The minimum atomic E-state index is 0.0406. The fraction of sp³-hybridized carbons (Fsp3) is 0.462. The van der Waals surface area contributed by atoms with Crippen LogP contribution in [0.4, 0.5) is 5.69 Å². The third-order valence-electron chi connectivity index (χ3n) is 3.49. The molecule has 1 aromatic rings. The summed E-state index contributed by atoms with van der Waals surface area (Å²) in [6.45, 7) is 4.40. The lowest BCUT2D eigenvalue weighted by molar-refractivity contribution is 0.318. The Balaban J connectivity index is 2.19. The normalized spacial score (nSPS) is 18.1. The highest BCUT2D eigenvalue weighted by Gasteiger charge is 2.17. The van der Waals surface area contributed by atoms with E-state index in [9.17, 15) is 0 Å². The van der Waals surface area contributed by atoms with Crippen molar-refractivity contribution in [1.29, 1.82) is 0 Å². The molecule has 0 aromatic heterocycles. The molecule has 0 radical (unpaired) electrons. The van der Waals surface area contributed by atoms with Crippen molar-refractivity contribution in [3.05, 3.63) is 28.8 Å². The summed E-state index contributed by atoms with van der Waals surface area (Å²) in [6, 6.07) is 5.64. The van der Waals surface area contributed by atoms with E-state index in [1.165, 1.54) is 12.8 Å². The van der Waals surface area contributed by atoms with Gasteiger partial charge in [-0.2, -0.15) is 0 Å². The number of oxime groups is 1. The maximum absolute atomic E-state index is 8.65. The summed E-state index contributed by atoms with van der Waals surface area (Å²) in [7, 11) is 0. The molecule has 98 valence electrons. The molecule has 3 N–H and O–H groups in total. The molecular formula is C13H18ClN3O. The Kier molecular flexibility index (Phi) is 3.97. The quantitative estimate of drug-likeness (QED) is 0.375. The standard InChI is InChI=1S/C13H18ClN3O/c1-9-4-6-17(7-5-9)10-2-3-11(12(14)8-10)13(15)16-18/h2-3,8-9,18H,4-7H2,1H3,(H2,15,16). The molecule has 1 aliphatic heterocycles. The number of halogens is 1. The van der Waals surface area contributed by atoms with Crippen LogP contribution in [0.15, 0.2) is 23.4 Å². The lowest BCUT2D eigenvalue weighted by Crippen LogP contribution is -2.32. The molecule has 0 saturated carbocycles. The van der Waals surface area contributed by atoms with Crippen LogP contribution < -0.4 is 10.6 Å². The average Bonchev–Trinajstić information content (AvgIpc) is 2.38. The van der Waals surface area contributed by atoms with E-state index in [2.05, 4.69) is 17.0 Å². The maximum Gasteiger partial charge on any atom is 0.171 e. The van der Waals surface area contributed by atoms with Gasteiger partial charge >= 0.3 is 0 Å². The lowest BCUT2D eigenvalue weighted by atomic mass is 9.98. The van der Waals surface area contributed by atoms with Crippen LogP contribution in [-0.2, 0) is 0 Å². The average molecular weight is 268 g/mol. The Labute approximate surface area is 112 Å². The van der Waals surface area contributed by atoms with E-state index >= 15 is 0 Å². The van der Waals surface area contributed by atoms with Gasteiger partial charge < -0.3 is 15.8 Å². The second-order valence-corrected chi connectivity index (χ2v) is 5.23. The van der Waals surface area contributed by atoms with Crippen LogP contribution in [0.2, 0.25) is 5.02 Å². The first-order valence-corrected chi connectivity index (χ1v) is 6.52. The van der Waals surface area contributed by atoms with Crippen molar-refractivity contribution in [3.8, 4) is 0 Å². The monoisotopic (exact) mass is 267 g/mol. The molecule has 0 amide bonds. The molecule has 2 rings (SSSR count). The number of anilines is 1. The zero-order valence-electron chi connectivity index (χ0n) is 10.4. The molecule has 0 spiro atoms. The summed E-state index contributed by atoms with van der Waals surface area (Å²) in [5, 5.41) is 12.1. The predicted octanol–water partition coefficient (Wildman–Crippen LogP) is 2.67. The van der Waals surface area contributed by atoms with Gasteiger partial charge in [-0.3, -0.25) is 0 Å². The summed E-state index contributed by atoms with van der Waals surface area (Å²) in [6.07, 6.45) is 2.42. The van der Waals surface area contributed by atoms with Crippen molar-refractivity contribution in [2.75, 3.05) is 18.0 Å². The SMILES string of the molecule is CC1CCN(c2ccc(C(N)=NO)c(Cl)c2)CC1. The Hall–Kier alpha value is -1.42. The third-order valence-corrected chi connectivity index (χ3v) is 3.80. The van der Waals surface area contributed by atoms with E-state index < -0.39 is 0 Å². The van der Waals surface area contributed by atoms with Gasteiger partial charge in [0, 0.05) is 24.3 Å². The largest absolute Gasteiger partial charge is 0.409 e. The van der Waals surface area contributed by atoms with Crippen LogP contribution in [0.1, 0.15) is 25.3 Å². The first kappa shape index (κ1) is 13.0. The van der Waals surface area contributed by atoms with Gasteiger partial charge in [-0.15, -0.1) is 0 Å². The van der Waals surface area contributed by atoms with Crippen LogP contribution in [-0.4, -0.2) is 24.1 Å². The molecule has 0 unspecified atom stereocenters. The van der Waals surface area contributed by atoms with Crippen molar-refractivity contribution in [1.82, 2.24) is 0 Å². The zero-order chi connectivity index (χ0) is 13.1. The third kappa shape index (κ3) is 2.70. The van der Waals surface area contributed by atoms with Crippen molar-refractivity contribution in [3.63, 3.8) is 0 Å². The van der Waals surface area contributed by atoms with E-state index in [-0.39, 0.29) is 5.84 Å². The van der Waals surface area contributed by atoms with E-state index in [4.69, 9.17) is 22.5 Å². The van der Waals surface area contributed by atoms with E-state index in [1.807, 2.05) is 12.1 Å². The van der Waals surface area contributed by atoms with Gasteiger partial charge in [-0.25, -0.2) is 0 Å². The van der Waals surface area contributed by atoms with E-state index in [0.29, 0.717) is 10.6 Å². The number of amidine groups is 1. The summed E-state index contributed by atoms with van der Waals surface area (Å²) in [5.41, 5.74) is 7.21. The van der Waals surface area contributed by atoms with Crippen molar-refractivity contribution in [2.24, 2.45) is 16.8 Å². The molecule has 0 bridgehead atoms. The van der Waals surface area contributed by atoms with Gasteiger partial charge in [0.1, 0.15) is 0 Å². The molecule has 0 atom stereocenters. The number of nitrogens with two attached hydrogens (primary N) is 1. The van der Waals surface area contributed by atoms with Crippen LogP contribution in [0.5, 0.6) is 0 Å². The molecule has 1 aliphatic rings. The first-order chi connectivity index (χ1) is 8.61. The minimum Gasteiger partial charge on any atom is -0.409 e. The predicted molar refractivity (Wildman–Crippen MR) is 74.6 cm³/mol. The van der Waals surface area contributed by atoms with Gasteiger partial charge in [-0.1, -0.05) is 23.7 Å². The van der Waals surface area contributed by atoms with Crippen LogP contribution in [0.3, 0.4) is 0 Å². The fourth-order valence-corrected chi connectivity index (χ4v) is 2.50. The Morgan fingerprint density at radius 1 is 1.44 bits per heavy atom. The maximum atomic E-state index is 8.65. The van der Waals surface area contributed by atoms with Crippen LogP contribution in [0, 0.1) is 5.92 Å². The smallest absolute Gasteiger partial charge is 0.171 e. The summed E-state index contributed by atoms with van der Waals surface area (Å²) in [5.74, 6) is 0.840. The minimum absolute atomic E-state index is 0.0406. The van der Waals surface area contributed by atoms with Crippen molar-refractivity contribution >= 4 is 23.1 Å². The molecule has 5 heteroatoms. The van der Waals surface area contributed by atoms with Gasteiger partial charge in [0.05, 0.1) is 5.02 Å². The summed E-state index contributed by atoms with van der Waals surface area (Å²) >= 11 is 6.15. The fourth-order valence-electron chi connectivity index (χ4n) is 2.23. The van der Waals surface area contributed by atoms with E-state index in [1.54, 1.807) is 6.07 Å². The second-order valence-electron chi connectivity index (χ2n) is 4.82. The number of nitrogens with zero attached hydrogens (tertiary/aromatic N) is 2. The Bertz CT molecular complexity index is 454. The van der Waals surface area contributed by atoms with Gasteiger partial charge in [0.15, 0.2) is 5.84 Å². The molecule has 1 heterocycles. The summed E-state index contributed by atoms with van der Waals surface area (Å²) in [4.78, 5) is 2.32. The van der Waals surface area contributed by atoms with Crippen molar-refractivity contribution < 1.29 is 5.21 Å². The highest BCUT2D eigenvalue weighted by Crippen LogP contribution is 2.27. The van der Waals surface area contributed by atoms with Crippen molar-refractivity contribution in [2.45, 2.75) is 19.8 Å². The zero-order valence-corrected chi connectivity index (χ0v) is 11.2. The Morgan fingerprint density at radius 2 is 2.11 bits per heavy atom. The molecule has 4 nitrogen and oxygen atoms in total. The summed E-state index contributed by atoms with van der Waals surface area (Å²) < 4.78 is 0. The van der Waals surface area contributed by atoms with Crippen LogP contribution in [0.25, 0.3) is 0 Å². The Morgan fingerprint density at radius 3 is 2.67 bits per heavy atom. The highest BCUT2D eigenvalue weighted by atomic mass is 35.5. The van der Waals surface area contributed by atoms with E-state index in [0.717, 1.165) is 24.7 Å². The molecule has 1 aromatic carbocycles. The topological polar surface area (TPSA) is 61.8 Å². The molecule has 1 fully saturated rings. The number of rotatable bonds is 2. The van der Waals surface area contributed by atoms with Gasteiger partial charge in [-0.05, 0) is 37.0 Å². The number of benzene rings is 1.